The van der Waals surface area contributed by atoms with Crippen molar-refractivity contribution in [2.24, 2.45) is 5.92 Å². The van der Waals surface area contributed by atoms with Gasteiger partial charge in [0, 0.05) is 44.7 Å². The minimum Gasteiger partial charge on any atom is -0.390 e. The average molecular weight is 239 g/mol. The van der Waals surface area contributed by atoms with Crippen molar-refractivity contribution in [3.05, 3.63) is 0 Å². The van der Waals surface area contributed by atoms with Crippen molar-refractivity contribution in [1.82, 2.24) is 15.5 Å². The highest BCUT2D eigenvalue weighted by Crippen LogP contribution is 2.27. The number of aliphatic hydroxyl groups excluding tert-OH is 1. The lowest BCUT2D eigenvalue weighted by Crippen LogP contribution is -2.57. The molecule has 4 atom stereocenters. The predicted molar refractivity (Wildman–Crippen MR) is 63.5 cm³/mol. The van der Waals surface area contributed by atoms with E-state index in [4.69, 9.17) is 0 Å². The third-order valence-electron chi connectivity index (χ3n) is 4.47. The smallest absolute Gasteiger partial charge is 0.220 e. The lowest BCUT2D eigenvalue weighted by Gasteiger charge is -2.44. The maximum atomic E-state index is 11.3. The fourth-order valence-corrected chi connectivity index (χ4v) is 3.46. The lowest BCUT2D eigenvalue weighted by molar-refractivity contribution is -0.125. The van der Waals surface area contributed by atoms with Crippen LogP contribution in [0.4, 0.5) is 0 Å². The molecule has 3 rings (SSSR count). The van der Waals surface area contributed by atoms with Gasteiger partial charge in [-0.2, -0.15) is 0 Å². The number of β-amino-alcohol motifs (C(OH)–C–C–N with tert-alkyl or cyclic N) is 1. The molecule has 96 valence electrons. The van der Waals surface area contributed by atoms with E-state index >= 15 is 0 Å². The van der Waals surface area contributed by atoms with E-state index in [-0.39, 0.29) is 18.1 Å². The number of carbonyl (C=O) groups is 1. The van der Waals surface area contributed by atoms with Crippen LogP contribution < -0.4 is 10.6 Å². The number of rotatable bonds is 1. The van der Waals surface area contributed by atoms with E-state index < -0.39 is 0 Å². The number of nitrogens with one attached hydrogen (secondary N) is 2. The van der Waals surface area contributed by atoms with Crippen molar-refractivity contribution in [1.29, 1.82) is 0 Å². The number of aliphatic hydroxyl groups is 1. The fraction of sp³-hybridized carbons (Fsp3) is 0.917. The molecule has 5 nitrogen and oxygen atoms in total. The first-order chi connectivity index (χ1) is 8.24. The van der Waals surface area contributed by atoms with Gasteiger partial charge in [-0.05, 0) is 18.8 Å². The summed E-state index contributed by atoms with van der Waals surface area (Å²) < 4.78 is 0. The van der Waals surface area contributed by atoms with Gasteiger partial charge in [-0.1, -0.05) is 0 Å². The Balaban J connectivity index is 1.62. The number of piperidine rings is 2. The minimum absolute atomic E-state index is 0.210. The second-order valence-corrected chi connectivity index (χ2v) is 5.55. The number of hydrogen-bond acceptors (Lipinski definition) is 4. The number of likely N-dealkylation sites (tertiary alicyclic amines) is 1. The van der Waals surface area contributed by atoms with Crippen molar-refractivity contribution >= 4 is 5.91 Å². The van der Waals surface area contributed by atoms with Crippen LogP contribution in [0.5, 0.6) is 0 Å². The molecular formula is C12H21N3O2. The van der Waals surface area contributed by atoms with Crippen LogP contribution >= 0.6 is 0 Å². The molecule has 1 amide bonds. The van der Waals surface area contributed by atoms with Crippen molar-refractivity contribution in [3.63, 3.8) is 0 Å². The van der Waals surface area contributed by atoms with Crippen LogP contribution in [0.3, 0.4) is 0 Å². The van der Waals surface area contributed by atoms with Gasteiger partial charge in [0.05, 0.1) is 6.10 Å². The van der Waals surface area contributed by atoms with E-state index in [0.29, 0.717) is 24.9 Å². The molecule has 5 heteroatoms. The number of hydrogen-bond donors (Lipinski definition) is 3. The van der Waals surface area contributed by atoms with E-state index in [9.17, 15) is 9.90 Å². The van der Waals surface area contributed by atoms with Crippen LogP contribution in [-0.2, 0) is 4.79 Å². The molecule has 0 saturated carbocycles. The Morgan fingerprint density at radius 3 is 2.94 bits per heavy atom. The lowest BCUT2D eigenvalue weighted by atomic mass is 9.84. The van der Waals surface area contributed by atoms with Gasteiger partial charge in [-0.15, -0.1) is 0 Å². The van der Waals surface area contributed by atoms with Crippen LogP contribution in [0, 0.1) is 5.92 Å². The SMILES string of the molecule is O=C1CCC2CN(C3CNCC3O)CCC2N1. The molecule has 3 aliphatic rings. The molecule has 0 aromatic rings. The van der Waals surface area contributed by atoms with Gasteiger partial charge in [0.25, 0.3) is 0 Å². The molecule has 0 aliphatic carbocycles. The summed E-state index contributed by atoms with van der Waals surface area (Å²) in [5.41, 5.74) is 0. The van der Waals surface area contributed by atoms with Gasteiger partial charge in [-0.25, -0.2) is 0 Å². The summed E-state index contributed by atoms with van der Waals surface area (Å²) >= 11 is 0. The second kappa shape index (κ2) is 4.55. The maximum Gasteiger partial charge on any atom is 0.220 e. The average Bonchev–Trinajstić information content (AvgIpc) is 2.75. The molecule has 3 N–H and O–H groups in total. The van der Waals surface area contributed by atoms with Gasteiger partial charge in [0.15, 0.2) is 0 Å². The number of amides is 1. The molecule has 0 spiro atoms. The van der Waals surface area contributed by atoms with E-state index in [2.05, 4.69) is 15.5 Å². The third kappa shape index (κ3) is 2.19. The standard InChI is InChI=1S/C12H21N3O2/c16-11-6-13-5-10(11)15-4-3-9-8(7-15)1-2-12(17)14-9/h8-11,13,16H,1-7H2,(H,14,17). The van der Waals surface area contributed by atoms with Crippen molar-refractivity contribution < 1.29 is 9.90 Å². The topological polar surface area (TPSA) is 64.6 Å². The van der Waals surface area contributed by atoms with E-state index in [1.54, 1.807) is 0 Å². The molecule has 17 heavy (non-hydrogen) atoms. The van der Waals surface area contributed by atoms with Crippen molar-refractivity contribution in [2.45, 2.75) is 37.5 Å². The summed E-state index contributed by atoms with van der Waals surface area (Å²) in [6, 6.07) is 0.646. The highest BCUT2D eigenvalue weighted by molar-refractivity contribution is 5.77. The quantitative estimate of drug-likeness (QED) is 0.544. The normalized spacial score (nSPS) is 43.2. The molecule has 0 aromatic heterocycles. The summed E-state index contributed by atoms with van der Waals surface area (Å²) in [5.74, 6) is 0.788. The minimum atomic E-state index is -0.232. The maximum absolute atomic E-state index is 11.3. The van der Waals surface area contributed by atoms with E-state index in [0.717, 1.165) is 32.5 Å². The third-order valence-corrected chi connectivity index (χ3v) is 4.47. The first kappa shape index (κ1) is 11.4. The van der Waals surface area contributed by atoms with E-state index in [1.165, 1.54) is 0 Å². The Kier molecular flexibility index (Phi) is 3.06. The first-order valence-electron chi connectivity index (χ1n) is 6.66. The molecule has 3 heterocycles. The van der Waals surface area contributed by atoms with Crippen LogP contribution in [0.25, 0.3) is 0 Å². The zero-order valence-corrected chi connectivity index (χ0v) is 10.1. The first-order valence-corrected chi connectivity index (χ1v) is 6.66. The monoisotopic (exact) mass is 239 g/mol. The molecule has 0 bridgehead atoms. The zero-order chi connectivity index (χ0) is 11.8. The fourth-order valence-electron chi connectivity index (χ4n) is 3.46. The highest BCUT2D eigenvalue weighted by Gasteiger charge is 2.38. The van der Waals surface area contributed by atoms with Crippen LogP contribution in [0.1, 0.15) is 19.3 Å². The summed E-state index contributed by atoms with van der Waals surface area (Å²) in [6.07, 6.45) is 2.47. The van der Waals surface area contributed by atoms with Gasteiger partial charge < -0.3 is 15.7 Å². The Bertz CT molecular complexity index is 310. The van der Waals surface area contributed by atoms with Crippen LogP contribution in [0.2, 0.25) is 0 Å². The summed E-state index contributed by atoms with van der Waals surface area (Å²) in [5, 5.41) is 16.2. The summed E-state index contributed by atoms with van der Waals surface area (Å²) in [6.45, 7) is 3.62. The zero-order valence-electron chi connectivity index (χ0n) is 10.1. The molecule has 0 radical (unpaired) electrons. The number of fused-ring (bicyclic) bond motifs is 1. The van der Waals surface area contributed by atoms with Gasteiger partial charge in [0.2, 0.25) is 5.91 Å². The number of carbonyl (C=O) groups excluding carboxylic acids is 1. The van der Waals surface area contributed by atoms with E-state index in [1.807, 2.05) is 0 Å². The molecule has 3 aliphatic heterocycles. The molecule has 0 aromatic carbocycles. The Labute approximate surface area is 102 Å². The molecule has 3 saturated heterocycles. The van der Waals surface area contributed by atoms with Crippen molar-refractivity contribution in [2.75, 3.05) is 26.2 Å². The van der Waals surface area contributed by atoms with Crippen LogP contribution in [-0.4, -0.2) is 60.3 Å². The molecule has 4 unspecified atom stereocenters. The highest BCUT2D eigenvalue weighted by atomic mass is 16.3. The largest absolute Gasteiger partial charge is 0.390 e. The van der Waals surface area contributed by atoms with Crippen LogP contribution in [0.15, 0.2) is 0 Å². The Morgan fingerprint density at radius 2 is 2.18 bits per heavy atom. The van der Waals surface area contributed by atoms with Gasteiger partial charge in [0.1, 0.15) is 0 Å². The molecular weight excluding hydrogens is 218 g/mol. The Morgan fingerprint density at radius 1 is 1.29 bits per heavy atom. The predicted octanol–water partition coefficient (Wildman–Crippen LogP) is -1.08. The summed E-state index contributed by atoms with van der Waals surface area (Å²) in [4.78, 5) is 13.7. The van der Waals surface area contributed by atoms with Gasteiger partial charge >= 0.3 is 0 Å². The number of nitrogens with zero attached hydrogens (tertiary/aromatic N) is 1. The summed E-state index contributed by atoms with van der Waals surface area (Å²) in [7, 11) is 0. The van der Waals surface area contributed by atoms with Gasteiger partial charge in [-0.3, -0.25) is 9.69 Å². The Hall–Kier alpha value is -0.650. The molecule has 3 fully saturated rings. The second-order valence-electron chi connectivity index (χ2n) is 5.55. The van der Waals surface area contributed by atoms with Crippen molar-refractivity contribution in [3.8, 4) is 0 Å².